The third kappa shape index (κ3) is 3.30. The van der Waals surface area contributed by atoms with Crippen LogP contribution in [0.25, 0.3) is 0 Å². The fraction of sp³-hybridized carbons (Fsp3) is 0.692. The van der Waals surface area contributed by atoms with Gasteiger partial charge in [0.1, 0.15) is 0 Å². The highest BCUT2D eigenvalue weighted by molar-refractivity contribution is 7.09. The third-order valence-electron chi connectivity index (χ3n) is 3.46. The van der Waals surface area contributed by atoms with Gasteiger partial charge in [-0.25, -0.2) is 0 Å². The molecule has 0 saturated carbocycles. The molecule has 3 heteroatoms. The fourth-order valence-corrected chi connectivity index (χ4v) is 3.18. The Kier molecular flexibility index (Phi) is 4.82. The quantitative estimate of drug-likeness (QED) is 0.847. The van der Waals surface area contributed by atoms with Gasteiger partial charge in [0.2, 0.25) is 0 Å². The molecule has 2 nitrogen and oxygen atoms in total. The summed E-state index contributed by atoms with van der Waals surface area (Å²) in [5.74, 6) is 0. The first-order valence-electron chi connectivity index (χ1n) is 6.37. The summed E-state index contributed by atoms with van der Waals surface area (Å²) in [5, 5.41) is 5.62. The summed E-state index contributed by atoms with van der Waals surface area (Å²) in [4.78, 5) is 4.17. The molecule has 1 N–H and O–H groups in total. The second kappa shape index (κ2) is 6.38. The fourth-order valence-electron chi connectivity index (χ4n) is 2.48. The van der Waals surface area contributed by atoms with Gasteiger partial charge < -0.3 is 10.2 Å². The average molecular weight is 238 g/mol. The molecule has 0 unspecified atom stereocenters. The number of nitrogens with one attached hydrogen (secondary N) is 1. The second-order valence-corrected chi connectivity index (χ2v) is 5.47. The minimum atomic E-state index is 0.811. The summed E-state index contributed by atoms with van der Waals surface area (Å²) in [7, 11) is 0. The molecule has 1 aromatic rings. The van der Waals surface area contributed by atoms with Crippen molar-refractivity contribution in [2.75, 3.05) is 26.2 Å². The van der Waals surface area contributed by atoms with Crippen LogP contribution in [0.3, 0.4) is 0 Å². The van der Waals surface area contributed by atoms with E-state index >= 15 is 0 Å². The molecule has 1 saturated heterocycles. The number of likely N-dealkylation sites (N-methyl/N-ethyl adjacent to an activating group) is 1. The summed E-state index contributed by atoms with van der Waals surface area (Å²) in [6, 6.07) is 5.22. The minimum absolute atomic E-state index is 0.811. The van der Waals surface area contributed by atoms with Crippen molar-refractivity contribution in [3.05, 3.63) is 22.4 Å². The van der Waals surface area contributed by atoms with Crippen LogP contribution >= 0.6 is 11.3 Å². The molecular weight excluding hydrogens is 216 g/mol. The molecule has 0 aliphatic carbocycles. The molecule has 90 valence electrons. The van der Waals surface area contributed by atoms with Crippen molar-refractivity contribution in [1.82, 2.24) is 10.2 Å². The highest BCUT2D eigenvalue weighted by Crippen LogP contribution is 2.14. The van der Waals surface area contributed by atoms with Crippen LogP contribution in [0.2, 0.25) is 0 Å². The SMILES string of the molecule is CCN(CCc1cccs1)C1CCNCC1. The van der Waals surface area contributed by atoms with Crippen molar-refractivity contribution in [2.45, 2.75) is 32.2 Å². The predicted octanol–water partition coefficient (Wildman–Crippen LogP) is 2.36. The van der Waals surface area contributed by atoms with Gasteiger partial charge in [0.15, 0.2) is 0 Å². The van der Waals surface area contributed by atoms with Crippen molar-refractivity contribution in [1.29, 1.82) is 0 Å². The summed E-state index contributed by atoms with van der Waals surface area (Å²) < 4.78 is 0. The maximum atomic E-state index is 3.44. The Morgan fingerprint density at radius 2 is 2.25 bits per heavy atom. The third-order valence-corrected chi connectivity index (χ3v) is 4.39. The summed E-state index contributed by atoms with van der Waals surface area (Å²) in [6.45, 7) is 7.09. The molecule has 1 aromatic heterocycles. The van der Waals surface area contributed by atoms with Gasteiger partial charge >= 0.3 is 0 Å². The van der Waals surface area contributed by atoms with Gasteiger partial charge in [0.25, 0.3) is 0 Å². The van der Waals surface area contributed by atoms with Gasteiger partial charge in [-0.2, -0.15) is 0 Å². The topological polar surface area (TPSA) is 15.3 Å². The van der Waals surface area contributed by atoms with E-state index in [1.807, 2.05) is 11.3 Å². The first-order chi connectivity index (χ1) is 7.90. The van der Waals surface area contributed by atoms with Crippen LogP contribution in [0, 0.1) is 0 Å². The van der Waals surface area contributed by atoms with Crippen LogP contribution in [-0.2, 0) is 6.42 Å². The van der Waals surface area contributed by atoms with Crippen molar-refractivity contribution in [2.24, 2.45) is 0 Å². The summed E-state index contributed by atoms with van der Waals surface area (Å²) >= 11 is 1.88. The molecule has 0 atom stereocenters. The Morgan fingerprint density at radius 3 is 2.88 bits per heavy atom. The molecular formula is C13H22N2S. The number of hydrogen-bond donors (Lipinski definition) is 1. The number of rotatable bonds is 5. The monoisotopic (exact) mass is 238 g/mol. The van der Waals surface area contributed by atoms with Crippen molar-refractivity contribution in [3.8, 4) is 0 Å². The number of piperidine rings is 1. The molecule has 0 aromatic carbocycles. The van der Waals surface area contributed by atoms with E-state index in [9.17, 15) is 0 Å². The number of nitrogens with zero attached hydrogens (tertiary/aromatic N) is 1. The number of hydrogen-bond acceptors (Lipinski definition) is 3. The standard InChI is InChI=1S/C13H22N2S/c1-2-15(12-5-8-14-9-6-12)10-7-13-4-3-11-16-13/h3-4,11-12,14H,2,5-10H2,1H3. The van der Waals surface area contributed by atoms with Crippen LogP contribution in [0.4, 0.5) is 0 Å². The first kappa shape index (κ1) is 12.1. The molecule has 1 aliphatic rings. The van der Waals surface area contributed by atoms with E-state index in [0.717, 1.165) is 6.04 Å². The van der Waals surface area contributed by atoms with Crippen LogP contribution in [0.5, 0.6) is 0 Å². The number of thiophene rings is 1. The van der Waals surface area contributed by atoms with Gasteiger partial charge in [-0.05, 0) is 50.3 Å². The van der Waals surface area contributed by atoms with E-state index in [4.69, 9.17) is 0 Å². The molecule has 16 heavy (non-hydrogen) atoms. The molecule has 0 bridgehead atoms. The zero-order valence-electron chi connectivity index (χ0n) is 10.1. The predicted molar refractivity (Wildman–Crippen MR) is 71.2 cm³/mol. The molecule has 1 aliphatic heterocycles. The lowest BCUT2D eigenvalue weighted by molar-refractivity contribution is 0.172. The Hall–Kier alpha value is -0.380. The van der Waals surface area contributed by atoms with Crippen molar-refractivity contribution < 1.29 is 0 Å². The van der Waals surface area contributed by atoms with Crippen LogP contribution in [0.15, 0.2) is 17.5 Å². The minimum Gasteiger partial charge on any atom is -0.317 e. The van der Waals surface area contributed by atoms with E-state index in [1.54, 1.807) is 0 Å². The van der Waals surface area contributed by atoms with E-state index < -0.39 is 0 Å². The zero-order chi connectivity index (χ0) is 11.2. The van der Waals surface area contributed by atoms with Crippen molar-refractivity contribution >= 4 is 11.3 Å². The molecule has 0 amide bonds. The highest BCUT2D eigenvalue weighted by atomic mass is 32.1. The molecule has 2 heterocycles. The Morgan fingerprint density at radius 1 is 1.44 bits per heavy atom. The Labute approximate surface area is 103 Å². The van der Waals surface area contributed by atoms with Gasteiger partial charge in [-0.3, -0.25) is 0 Å². The Bertz CT molecular complexity index is 278. The maximum Gasteiger partial charge on any atom is 0.0119 e. The molecule has 0 radical (unpaired) electrons. The Balaban J connectivity index is 1.80. The second-order valence-electron chi connectivity index (χ2n) is 4.44. The van der Waals surface area contributed by atoms with Crippen LogP contribution in [0.1, 0.15) is 24.6 Å². The van der Waals surface area contributed by atoms with Crippen molar-refractivity contribution in [3.63, 3.8) is 0 Å². The molecule has 1 fully saturated rings. The van der Waals surface area contributed by atoms with E-state index in [0.29, 0.717) is 0 Å². The lowest BCUT2D eigenvalue weighted by atomic mass is 10.0. The average Bonchev–Trinajstić information content (AvgIpc) is 2.84. The lowest BCUT2D eigenvalue weighted by Crippen LogP contribution is -2.43. The molecule has 0 spiro atoms. The van der Waals surface area contributed by atoms with E-state index in [1.165, 1.54) is 50.3 Å². The smallest absolute Gasteiger partial charge is 0.0119 e. The normalized spacial score (nSPS) is 18.1. The maximum absolute atomic E-state index is 3.44. The summed E-state index contributed by atoms with van der Waals surface area (Å²) in [5.41, 5.74) is 0. The summed E-state index contributed by atoms with van der Waals surface area (Å²) in [6.07, 6.45) is 3.85. The van der Waals surface area contributed by atoms with E-state index in [2.05, 4.69) is 34.7 Å². The van der Waals surface area contributed by atoms with Gasteiger partial charge in [-0.1, -0.05) is 13.0 Å². The van der Waals surface area contributed by atoms with Gasteiger partial charge in [0.05, 0.1) is 0 Å². The van der Waals surface area contributed by atoms with Crippen LogP contribution in [-0.4, -0.2) is 37.1 Å². The zero-order valence-corrected chi connectivity index (χ0v) is 10.9. The van der Waals surface area contributed by atoms with E-state index in [-0.39, 0.29) is 0 Å². The molecule has 2 rings (SSSR count). The largest absolute Gasteiger partial charge is 0.317 e. The lowest BCUT2D eigenvalue weighted by Gasteiger charge is -2.33. The van der Waals surface area contributed by atoms with Gasteiger partial charge in [0, 0.05) is 17.5 Å². The van der Waals surface area contributed by atoms with Crippen LogP contribution < -0.4 is 5.32 Å². The highest BCUT2D eigenvalue weighted by Gasteiger charge is 2.19. The van der Waals surface area contributed by atoms with Gasteiger partial charge in [-0.15, -0.1) is 11.3 Å². The first-order valence-corrected chi connectivity index (χ1v) is 7.25.